The fourth-order valence-electron chi connectivity index (χ4n) is 1.67. The zero-order valence-electron chi connectivity index (χ0n) is 10.4. The number of carbonyl (C=O) groups excluding carboxylic acids is 1. The van der Waals surface area contributed by atoms with E-state index < -0.39 is 6.09 Å². The molecule has 0 saturated carbocycles. The summed E-state index contributed by atoms with van der Waals surface area (Å²) in [7, 11) is 0. The van der Waals surface area contributed by atoms with Crippen molar-refractivity contribution in [3.05, 3.63) is 55.0 Å². The number of anilines is 1. The third-order valence-electron chi connectivity index (χ3n) is 2.54. The molecule has 0 saturated heterocycles. The largest absolute Gasteiger partial charge is 0.418 e. The second-order valence-electron chi connectivity index (χ2n) is 3.96. The number of carbonyl (C=O) groups is 1. The van der Waals surface area contributed by atoms with Crippen LogP contribution in [0.15, 0.2) is 55.0 Å². The van der Waals surface area contributed by atoms with Gasteiger partial charge < -0.3 is 4.74 Å². The minimum Gasteiger partial charge on any atom is -0.391 e. The summed E-state index contributed by atoms with van der Waals surface area (Å²) in [5.41, 5.74) is 1.08. The average Bonchev–Trinajstić information content (AvgIpc) is 2.48. The van der Waals surface area contributed by atoms with E-state index in [1.807, 2.05) is 12.1 Å². The molecule has 1 amide bonds. The Morgan fingerprint density at radius 3 is 2.85 bits per heavy atom. The number of hydrogen-bond acceptors (Lipinski definition) is 5. The number of rotatable bonds is 2. The molecule has 0 aliphatic heterocycles. The van der Waals surface area contributed by atoms with Crippen molar-refractivity contribution in [2.75, 3.05) is 5.32 Å². The minimum absolute atomic E-state index is 0.192. The minimum atomic E-state index is -0.624. The van der Waals surface area contributed by atoms with E-state index in [2.05, 4.69) is 20.3 Å². The number of pyridine rings is 3. The lowest BCUT2D eigenvalue weighted by molar-refractivity contribution is 0.213. The molecule has 0 radical (unpaired) electrons. The molecule has 3 rings (SSSR count). The van der Waals surface area contributed by atoms with Gasteiger partial charge in [-0.25, -0.2) is 9.78 Å². The Hall–Kier alpha value is -3.02. The van der Waals surface area contributed by atoms with E-state index in [1.165, 1.54) is 6.20 Å². The van der Waals surface area contributed by atoms with E-state index in [0.29, 0.717) is 11.3 Å². The lowest BCUT2D eigenvalue weighted by atomic mass is 10.3. The van der Waals surface area contributed by atoms with Crippen LogP contribution >= 0.6 is 0 Å². The standard InChI is InChI=1S/C14H10N4O2/c19-14(17-11-4-2-7-15-9-11)20-12-6-5-10-3-1-8-16-13(10)18-12/h1-9H,(H,17,19). The highest BCUT2D eigenvalue weighted by molar-refractivity contribution is 5.86. The molecule has 3 aromatic rings. The third kappa shape index (κ3) is 2.69. The molecular weight excluding hydrogens is 256 g/mol. The fraction of sp³-hybridized carbons (Fsp3) is 0. The maximum atomic E-state index is 11.7. The quantitative estimate of drug-likeness (QED) is 0.771. The first-order chi connectivity index (χ1) is 9.81. The van der Waals surface area contributed by atoms with Gasteiger partial charge in [-0.1, -0.05) is 0 Å². The van der Waals surface area contributed by atoms with E-state index in [1.54, 1.807) is 36.7 Å². The van der Waals surface area contributed by atoms with Crippen molar-refractivity contribution < 1.29 is 9.53 Å². The molecule has 0 unspecified atom stereocenters. The van der Waals surface area contributed by atoms with Gasteiger partial charge in [0.1, 0.15) is 0 Å². The second kappa shape index (κ2) is 5.31. The summed E-state index contributed by atoms with van der Waals surface area (Å²) in [6.45, 7) is 0. The molecule has 3 aromatic heterocycles. The van der Waals surface area contributed by atoms with Crippen LogP contribution in [0.4, 0.5) is 10.5 Å². The Kier molecular flexibility index (Phi) is 3.20. The summed E-state index contributed by atoms with van der Waals surface area (Å²) < 4.78 is 5.10. The molecule has 6 nitrogen and oxygen atoms in total. The second-order valence-corrected chi connectivity index (χ2v) is 3.96. The van der Waals surface area contributed by atoms with Crippen molar-refractivity contribution in [1.29, 1.82) is 0 Å². The number of nitrogens with zero attached hydrogens (tertiary/aromatic N) is 3. The number of hydrogen-bond donors (Lipinski definition) is 1. The SMILES string of the molecule is O=C(Nc1cccnc1)Oc1ccc2cccnc2n1. The molecule has 20 heavy (non-hydrogen) atoms. The highest BCUT2D eigenvalue weighted by Gasteiger charge is 2.07. The maximum Gasteiger partial charge on any atom is 0.418 e. The highest BCUT2D eigenvalue weighted by Crippen LogP contribution is 2.14. The third-order valence-corrected chi connectivity index (χ3v) is 2.54. The van der Waals surface area contributed by atoms with Crippen LogP contribution in [0.3, 0.4) is 0 Å². The van der Waals surface area contributed by atoms with Gasteiger partial charge in [-0.15, -0.1) is 0 Å². The van der Waals surface area contributed by atoms with E-state index in [4.69, 9.17) is 4.74 Å². The van der Waals surface area contributed by atoms with Gasteiger partial charge in [0.05, 0.1) is 11.9 Å². The predicted molar refractivity (Wildman–Crippen MR) is 73.4 cm³/mol. The molecule has 0 aliphatic rings. The summed E-state index contributed by atoms with van der Waals surface area (Å²) >= 11 is 0. The number of aromatic nitrogens is 3. The van der Waals surface area contributed by atoms with Gasteiger partial charge in [-0.2, -0.15) is 4.98 Å². The van der Waals surface area contributed by atoms with Gasteiger partial charge in [-0.05, 0) is 30.3 Å². The molecule has 3 heterocycles. The molecule has 0 atom stereocenters. The number of nitrogens with one attached hydrogen (secondary N) is 1. The molecular formula is C14H10N4O2. The normalized spacial score (nSPS) is 10.2. The Morgan fingerprint density at radius 2 is 2.00 bits per heavy atom. The van der Waals surface area contributed by atoms with Gasteiger partial charge in [0.15, 0.2) is 5.65 Å². The zero-order chi connectivity index (χ0) is 13.8. The van der Waals surface area contributed by atoms with Gasteiger partial charge in [-0.3, -0.25) is 10.3 Å². The summed E-state index contributed by atoms with van der Waals surface area (Å²) in [6, 6.07) is 10.5. The van der Waals surface area contributed by atoms with Gasteiger partial charge >= 0.3 is 6.09 Å². The maximum absolute atomic E-state index is 11.7. The van der Waals surface area contributed by atoms with E-state index in [9.17, 15) is 4.79 Å². The summed E-state index contributed by atoms with van der Waals surface area (Å²) in [5.74, 6) is 0.192. The molecule has 1 N–H and O–H groups in total. The molecule has 6 heteroatoms. The molecule has 98 valence electrons. The monoisotopic (exact) mass is 266 g/mol. The van der Waals surface area contributed by atoms with Crippen LogP contribution in [0, 0.1) is 0 Å². The summed E-state index contributed by atoms with van der Waals surface area (Å²) in [5, 5.41) is 3.44. The first-order valence-corrected chi connectivity index (χ1v) is 5.92. The fourth-order valence-corrected chi connectivity index (χ4v) is 1.67. The Labute approximate surface area is 114 Å². The predicted octanol–water partition coefficient (Wildman–Crippen LogP) is 2.64. The Morgan fingerprint density at radius 1 is 1.10 bits per heavy atom. The average molecular weight is 266 g/mol. The van der Waals surface area contributed by atoms with Crippen molar-refractivity contribution in [3.63, 3.8) is 0 Å². The Balaban J connectivity index is 1.74. The molecule has 0 spiro atoms. The van der Waals surface area contributed by atoms with Crippen LogP contribution in [-0.4, -0.2) is 21.0 Å². The van der Waals surface area contributed by atoms with E-state index in [0.717, 1.165) is 5.39 Å². The zero-order valence-corrected chi connectivity index (χ0v) is 10.4. The number of ether oxygens (including phenoxy) is 1. The van der Waals surface area contributed by atoms with Gasteiger partial charge in [0, 0.05) is 23.8 Å². The highest BCUT2D eigenvalue weighted by atomic mass is 16.6. The lowest BCUT2D eigenvalue weighted by Crippen LogP contribution is -2.17. The summed E-state index contributed by atoms with van der Waals surface area (Å²) in [4.78, 5) is 23.8. The van der Waals surface area contributed by atoms with Crippen molar-refractivity contribution in [3.8, 4) is 5.88 Å². The smallest absolute Gasteiger partial charge is 0.391 e. The Bertz CT molecular complexity index is 746. The van der Waals surface area contributed by atoms with E-state index in [-0.39, 0.29) is 5.88 Å². The van der Waals surface area contributed by atoms with Crippen LogP contribution in [0.1, 0.15) is 0 Å². The lowest BCUT2D eigenvalue weighted by Gasteiger charge is -2.05. The van der Waals surface area contributed by atoms with Crippen LogP contribution in [0.25, 0.3) is 11.0 Å². The number of amides is 1. The number of fused-ring (bicyclic) bond motifs is 1. The van der Waals surface area contributed by atoms with Crippen LogP contribution in [0.2, 0.25) is 0 Å². The molecule has 0 fully saturated rings. The molecule has 0 aliphatic carbocycles. The van der Waals surface area contributed by atoms with Crippen molar-refractivity contribution in [1.82, 2.24) is 15.0 Å². The van der Waals surface area contributed by atoms with Crippen LogP contribution < -0.4 is 10.1 Å². The summed E-state index contributed by atoms with van der Waals surface area (Å²) in [6.07, 6.45) is 4.15. The van der Waals surface area contributed by atoms with Crippen molar-refractivity contribution in [2.45, 2.75) is 0 Å². The van der Waals surface area contributed by atoms with E-state index >= 15 is 0 Å². The van der Waals surface area contributed by atoms with Gasteiger partial charge in [0.2, 0.25) is 5.88 Å². The molecule has 0 aromatic carbocycles. The first-order valence-electron chi connectivity index (χ1n) is 5.92. The van der Waals surface area contributed by atoms with Crippen LogP contribution in [-0.2, 0) is 0 Å². The van der Waals surface area contributed by atoms with Crippen molar-refractivity contribution in [2.24, 2.45) is 0 Å². The first kappa shape index (κ1) is 12.0. The van der Waals surface area contributed by atoms with Crippen molar-refractivity contribution >= 4 is 22.8 Å². The molecule has 0 bridgehead atoms. The topological polar surface area (TPSA) is 77.0 Å². The van der Waals surface area contributed by atoms with Gasteiger partial charge in [0.25, 0.3) is 0 Å². The van der Waals surface area contributed by atoms with Crippen LogP contribution in [0.5, 0.6) is 5.88 Å².